The number of hydrogen-bond donors (Lipinski definition) is 0. The highest BCUT2D eigenvalue weighted by atomic mass is 79.9. The highest BCUT2D eigenvalue weighted by Gasteiger charge is 2.11. The van der Waals surface area contributed by atoms with E-state index in [4.69, 9.17) is 10.00 Å². The molecule has 2 aromatic carbocycles. The molecule has 100 valence electrons. The zero-order chi connectivity index (χ0) is 14.7. The summed E-state index contributed by atoms with van der Waals surface area (Å²) in [6, 6.07) is 12.5. The third-order valence-electron chi connectivity index (χ3n) is 2.86. The van der Waals surface area contributed by atoms with E-state index in [2.05, 4.69) is 22.0 Å². The summed E-state index contributed by atoms with van der Waals surface area (Å²) in [6.07, 6.45) is 0. The molecule has 0 aliphatic rings. The standard InChI is InChI=1S/C16H12BrNO2/c1-10-3-4-12(9-18)7-15(10)20-16-8-13(17)5-6-14(16)11(2)19/h3-8H,1-2H3. The van der Waals surface area contributed by atoms with Crippen molar-refractivity contribution in [2.24, 2.45) is 0 Å². The minimum atomic E-state index is -0.0680. The molecule has 0 radical (unpaired) electrons. The van der Waals surface area contributed by atoms with Crippen LogP contribution in [0.3, 0.4) is 0 Å². The molecule has 0 amide bonds. The molecule has 3 nitrogen and oxygen atoms in total. The van der Waals surface area contributed by atoms with E-state index in [9.17, 15) is 4.79 Å². The second-order valence-corrected chi connectivity index (χ2v) is 5.31. The van der Waals surface area contributed by atoms with Crippen molar-refractivity contribution in [1.29, 1.82) is 5.26 Å². The maximum absolute atomic E-state index is 11.6. The van der Waals surface area contributed by atoms with Crippen LogP contribution in [0, 0.1) is 18.3 Å². The van der Waals surface area contributed by atoms with E-state index >= 15 is 0 Å². The minimum absolute atomic E-state index is 0.0680. The van der Waals surface area contributed by atoms with Crippen molar-refractivity contribution in [3.63, 3.8) is 0 Å². The monoisotopic (exact) mass is 329 g/mol. The average Bonchev–Trinajstić information content (AvgIpc) is 2.41. The summed E-state index contributed by atoms with van der Waals surface area (Å²) >= 11 is 3.36. The lowest BCUT2D eigenvalue weighted by molar-refractivity contribution is 0.101. The zero-order valence-corrected chi connectivity index (χ0v) is 12.7. The summed E-state index contributed by atoms with van der Waals surface area (Å²) in [5.41, 5.74) is 1.93. The van der Waals surface area contributed by atoms with Gasteiger partial charge in [0.15, 0.2) is 5.78 Å². The van der Waals surface area contributed by atoms with E-state index in [-0.39, 0.29) is 5.78 Å². The first kappa shape index (κ1) is 14.3. The second kappa shape index (κ2) is 5.89. The lowest BCUT2D eigenvalue weighted by atomic mass is 10.1. The van der Waals surface area contributed by atoms with Crippen LogP contribution < -0.4 is 4.74 Å². The van der Waals surface area contributed by atoms with Gasteiger partial charge in [-0.3, -0.25) is 4.79 Å². The summed E-state index contributed by atoms with van der Waals surface area (Å²) in [6.45, 7) is 3.39. The number of aryl methyl sites for hydroxylation is 1. The van der Waals surface area contributed by atoms with Crippen LogP contribution in [0.1, 0.15) is 28.4 Å². The Balaban J connectivity index is 2.47. The lowest BCUT2D eigenvalue weighted by Crippen LogP contribution is -1.98. The van der Waals surface area contributed by atoms with Crippen molar-refractivity contribution in [3.8, 4) is 17.6 Å². The predicted molar refractivity (Wildman–Crippen MR) is 80.1 cm³/mol. The zero-order valence-electron chi connectivity index (χ0n) is 11.1. The molecule has 0 unspecified atom stereocenters. The Bertz CT molecular complexity index is 717. The van der Waals surface area contributed by atoms with Crippen LogP contribution in [-0.4, -0.2) is 5.78 Å². The molecule has 0 spiro atoms. The fraction of sp³-hybridized carbons (Fsp3) is 0.125. The number of benzene rings is 2. The summed E-state index contributed by atoms with van der Waals surface area (Å²) in [7, 11) is 0. The summed E-state index contributed by atoms with van der Waals surface area (Å²) in [5, 5.41) is 8.94. The van der Waals surface area contributed by atoms with E-state index in [1.54, 1.807) is 30.3 Å². The first-order valence-electron chi connectivity index (χ1n) is 6.00. The normalized spacial score (nSPS) is 9.90. The van der Waals surface area contributed by atoms with Gasteiger partial charge in [-0.15, -0.1) is 0 Å². The molecule has 2 rings (SSSR count). The maximum Gasteiger partial charge on any atom is 0.163 e. The van der Waals surface area contributed by atoms with Crippen LogP contribution in [0.15, 0.2) is 40.9 Å². The Labute approximate surface area is 125 Å². The van der Waals surface area contributed by atoms with Gasteiger partial charge in [0, 0.05) is 4.47 Å². The van der Waals surface area contributed by atoms with Gasteiger partial charge in [-0.05, 0) is 49.7 Å². The molecule has 4 heteroatoms. The van der Waals surface area contributed by atoms with E-state index < -0.39 is 0 Å². The van der Waals surface area contributed by atoms with E-state index in [1.165, 1.54) is 6.92 Å². The SMILES string of the molecule is CC(=O)c1ccc(Br)cc1Oc1cc(C#N)ccc1C. The van der Waals surface area contributed by atoms with E-state index in [1.807, 2.05) is 13.0 Å². The van der Waals surface area contributed by atoms with Crippen molar-refractivity contribution >= 4 is 21.7 Å². The van der Waals surface area contributed by atoms with E-state index in [0.29, 0.717) is 22.6 Å². The molecule has 0 saturated heterocycles. The number of carbonyl (C=O) groups is 1. The minimum Gasteiger partial charge on any atom is -0.456 e. The van der Waals surface area contributed by atoms with Gasteiger partial charge in [-0.2, -0.15) is 5.26 Å². The Morgan fingerprint density at radius 1 is 1.20 bits per heavy atom. The molecule has 0 fully saturated rings. The van der Waals surface area contributed by atoms with Crippen molar-refractivity contribution < 1.29 is 9.53 Å². The Morgan fingerprint density at radius 3 is 2.60 bits per heavy atom. The number of halogens is 1. The third-order valence-corrected chi connectivity index (χ3v) is 3.35. The number of hydrogen-bond acceptors (Lipinski definition) is 3. The highest BCUT2D eigenvalue weighted by Crippen LogP contribution is 2.31. The van der Waals surface area contributed by atoms with Gasteiger partial charge in [0.25, 0.3) is 0 Å². The molecule has 0 aliphatic carbocycles. The Morgan fingerprint density at radius 2 is 1.95 bits per heavy atom. The second-order valence-electron chi connectivity index (χ2n) is 4.39. The third kappa shape index (κ3) is 3.06. The Kier molecular flexibility index (Phi) is 4.21. The fourth-order valence-electron chi connectivity index (χ4n) is 1.77. The first-order valence-corrected chi connectivity index (χ1v) is 6.79. The van der Waals surface area contributed by atoms with Crippen LogP contribution in [0.2, 0.25) is 0 Å². The summed E-state index contributed by atoms with van der Waals surface area (Å²) in [5.74, 6) is 0.983. The van der Waals surface area contributed by atoms with Gasteiger partial charge in [-0.25, -0.2) is 0 Å². The molecule has 2 aromatic rings. The Hall–Kier alpha value is -2.12. The van der Waals surface area contributed by atoms with Gasteiger partial charge in [0.1, 0.15) is 11.5 Å². The fourth-order valence-corrected chi connectivity index (χ4v) is 2.11. The van der Waals surface area contributed by atoms with Crippen molar-refractivity contribution in [2.75, 3.05) is 0 Å². The molecular formula is C16H12BrNO2. The molecule has 20 heavy (non-hydrogen) atoms. The van der Waals surface area contributed by atoms with Gasteiger partial charge in [0.2, 0.25) is 0 Å². The molecule has 0 saturated carbocycles. The van der Waals surface area contributed by atoms with Crippen LogP contribution >= 0.6 is 15.9 Å². The first-order chi connectivity index (χ1) is 9.51. The maximum atomic E-state index is 11.6. The van der Waals surface area contributed by atoms with Crippen LogP contribution in [0.25, 0.3) is 0 Å². The van der Waals surface area contributed by atoms with Gasteiger partial charge >= 0.3 is 0 Å². The smallest absolute Gasteiger partial charge is 0.163 e. The van der Waals surface area contributed by atoms with E-state index in [0.717, 1.165) is 10.0 Å². The quantitative estimate of drug-likeness (QED) is 0.771. The number of carbonyl (C=O) groups excluding carboxylic acids is 1. The van der Waals surface area contributed by atoms with Gasteiger partial charge < -0.3 is 4.74 Å². The molecule has 0 aromatic heterocycles. The van der Waals surface area contributed by atoms with Crippen LogP contribution in [-0.2, 0) is 0 Å². The molecular weight excluding hydrogens is 318 g/mol. The summed E-state index contributed by atoms with van der Waals surface area (Å²) in [4.78, 5) is 11.6. The van der Waals surface area contributed by atoms with Crippen LogP contribution in [0.4, 0.5) is 0 Å². The molecule has 0 aliphatic heterocycles. The van der Waals surface area contributed by atoms with Crippen molar-refractivity contribution in [1.82, 2.24) is 0 Å². The number of nitrogens with zero attached hydrogens (tertiary/aromatic N) is 1. The number of Topliss-reactive ketones (excluding diaryl/α,β-unsaturated/α-hetero) is 1. The molecule has 0 atom stereocenters. The van der Waals surface area contributed by atoms with Gasteiger partial charge in [0.05, 0.1) is 17.2 Å². The number of nitriles is 1. The number of rotatable bonds is 3. The van der Waals surface area contributed by atoms with Crippen LogP contribution in [0.5, 0.6) is 11.5 Å². The average molecular weight is 330 g/mol. The van der Waals surface area contributed by atoms with Crippen molar-refractivity contribution in [2.45, 2.75) is 13.8 Å². The number of ether oxygens (including phenoxy) is 1. The highest BCUT2D eigenvalue weighted by molar-refractivity contribution is 9.10. The number of ketones is 1. The largest absolute Gasteiger partial charge is 0.456 e. The molecule has 0 bridgehead atoms. The van der Waals surface area contributed by atoms with Gasteiger partial charge in [-0.1, -0.05) is 22.0 Å². The molecule has 0 N–H and O–H groups in total. The summed E-state index contributed by atoms with van der Waals surface area (Å²) < 4.78 is 6.65. The molecule has 0 heterocycles. The lowest BCUT2D eigenvalue weighted by Gasteiger charge is -2.12. The predicted octanol–water partition coefficient (Wildman–Crippen LogP) is 4.62. The van der Waals surface area contributed by atoms with Crippen molar-refractivity contribution in [3.05, 3.63) is 57.6 Å². The topological polar surface area (TPSA) is 50.1 Å².